The van der Waals surface area contributed by atoms with Crippen molar-refractivity contribution in [2.45, 2.75) is 30.5 Å². The number of alkyl halides is 6. The summed E-state index contributed by atoms with van der Waals surface area (Å²) in [5, 5.41) is 0. The van der Waals surface area contributed by atoms with Crippen molar-refractivity contribution in [1.29, 1.82) is 0 Å². The average molecular weight is 327 g/mol. The predicted octanol–water partition coefficient (Wildman–Crippen LogP) is 2.91. The maximum Gasteiger partial charge on any atom is 0.453 e. The van der Waals surface area contributed by atoms with Crippen molar-refractivity contribution in [3.05, 3.63) is 35.9 Å². The highest BCUT2D eigenvalue weighted by molar-refractivity contribution is 5.79. The summed E-state index contributed by atoms with van der Waals surface area (Å²) in [5.74, 6) is -1.55. The molecule has 0 N–H and O–H groups in total. The molecule has 22 heavy (non-hydrogen) atoms. The molecular formula is C13H11F6NO2. The van der Waals surface area contributed by atoms with Crippen molar-refractivity contribution >= 4 is 5.97 Å². The third-order valence-corrected chi connectivity index (χ3v) is 3.52. The van der Waals surface area contributed by atoms with Gasteiger partial charge in [-0.05, 0) is 19.0 Å². The fourth-order valence-corrected chi connectivity index (χ4v) is 2.40. The highest BCUT2D eigenvalue weighted by atomic mass is 19.4. The molecule has 0 bridgehead atoms. The van der Waals surface area contributed by atoms with Gasteiger partial charge in [-0.15, -0.1) is 0 Å². The Morgan fingerprint density at radius 1 is 1.09 bits per heavy atom. The van der Waals surface area contributed by atoms with Gasteiger partial charge in [0, 0.05) is 0 Å². The van der Waals surface area contributed by atoms with Crippen molar-refractivity contribution in [2.24, 2.45) is 0 Å². The second kappa shape index (κ2) is 5.15. The van der Waals surface area contributed by atoms with E-state index in [9.17, 15) is 31.1 Å². The number of likely N-dealkylation sites (N-methyl/N-ethyl adjacent to an activating group) is 1. The molecule has 0 radical (unpaired) electrons. The highest BCUT2D eigenvalue weighted by Crippen LogP contribution is 2.51. The van der Waals surface area contributed by atoms with Gasteiger partial charge in [0.15, 0.2) is 0 Å². The fraction of sp³-hybridized carbons (Fsp3) is 0.462. The molecule has 1 saturated heterocycles. The van der Waals surface area contributed by atoms with Gasteiger partial charge in [-0.1, -0.05) is 30.3 Å². The Morgan fingerprint density at radius 3 is 2.00 bits per heavy atom. The van der Waals surface area contributed by atoms with E-state index in [2.05, 4.69) is 4.74 Å². The number of rotatable bonds is 2. The SMILES string of the molecule is CN1C(Cc2ccccc2)C(=O)OC1(C(F)(F)F)C(F)(F)F. The molecule has 2 rings (SSSR count). The molecule has 1 fully saturated rings. The van der Waals surface area contributed by atoms with Gasteiger partial charge < -0.3 is 4.74 Å². The fourth-order valence-electron chi connectivity index (χ4n) is 2.40. The van der Waals surface area contributed by atoms with Gasteiger partial charge in [0.1, 0.15) is 6.04 Å². The lowest BCUT2D eigenvalue weighted by Gasteiger charge is -2.37. The number of carbonyl (C=O) groups excluding carboxylic acids is 1. The molecule has 122 valence electrons. The number of hydrogen-bond donors (Lipinski definition) is 0. The first-order chi connectivity index (χ1) is 10.0. The van der Waals surface area contributed by atoms with E-state index >= 15 is 0 Å². The van der Waals surface area contributed by atoms with Crippen LogP contribution >= 0.6 is 0 Å². The maximum atomic E-state index is 13.0. The molecule has 0 aromatic heterocycles. The molecule has 1 aliphatic rings. The molecule has 0 saturated carbocycles. The molecule has 1 heterocycles. The van der Waals surface area contributed by atoms with Gasteiger partial charge in [-0.25, -0.2) is 4.90 Å². The molecule has 1 aromatic carbocycles. The van der Waals surface area contributed by atoms with Crippen LogP contribution in [0, 0.1) is 0 Å². The van der Waals surface area contributed by atoms with Crippen LogP contribution in [-0.4, -0.2) is 42.0 Å². The van der Waals surface area contributed by atoms with Gasteiger partial charge in [0.25, 0.3) is 0 Å². The Balaban J connectivity index is 2.40. The smallest absolute Gasteiger partial charge is 0.423 e. The zero-order valence-electron chi connectivity index (χ0n) is 11.2. The Morgan fingerprint density at radius 2 is 1.59 bits per heavy atom. The van der Waals surface area contributed by atoms with Crippen LogP contribution < -0.4 is 0 Å². The average Bonchev–Trinajstić information content (AvgIpc) is 2.64. The Labute approximate surface area is 121 Å². The van der Waals surface area contributed by atoms with E-state index in [4.69, 9.17) is 0 Å². The number of hydrogen-bond acceptors (Lipinski definition) is 3. The largest absolute Gasteiger partial charge is 0.453 e. The van der Waals surface area contributed by atoms with Gasteiger partial charge in [0.05, 0.1) is 0 Å². The van der Waals surface area contributed by atoms with Crippen LogP contribution in [0.25, 0.3) is 0 Å². The third kappa shape index (κ3) is 2.43. The van der Waals surface area contributed by atoms with Crippen molar-refractivity contribution in [2.75, 3.05) is 7.05 Å². The van der Waals surface area contributed by atoms with Crippen LogP contribution in [-0.2, 0) is 16.0 Å². The second-order valence-corrected chi connectivity index (χ2v) is 4.88. The van der Waals surface area contributed by atoms with Gasteiger partial charge in [-0.2, -0.15) is 26.3 Å². The molecular weight excluding hydrogens is 316 g/mol. The summed E-state index contributed by atoms with van der Waals surface area (Å²) in [7, 11) is 0.583. The van der Waals surface area contributed by atoms with Crippen LogP contribution in [0.4, 0.5) is 26.3 Å². The van der Waals surface area contributed by atoms with Crippen LogP contribution in [0.2, 0.25) is 0 Å². The highest BCUT2D eigenvalue weighted by Gasteiger charge is 2.80. The number of carbonyl (C=O) groups is 1. The van der Waals surface area contributed by atoms with Crippen LogP contribution in [0.15, 0.2) is 30.3 Å². The monoisotopic (exact) mass is 327 g/mol. The quantitative estimate of drug-likeness (QED) is 0.618. The minimum Gasteiger partial charge on any atom is -0.423 e. The Kier molecular flexibility index (Phi) is 3.88. The number of esters is 1. The maximum absolute atomic E-state index is 13.0. The Bertz CT molecular complexity index is 540. The molecule has 1 aromatic rings. The topological polar surface area (TPSA) is 29.5 Å². The number of nitrogens with zero attached hydrogens (tertiary/aromatic N) is 1. The first-order valence-corrected chi connectivity index (χ1v) is 6.14. The lowest BCUT2D eigenvalue weighted by atomic mass is 10.0. The lowest BCUT2D eigenvalue weighted by Crippen LogP contribution is -2.65. The van der Waals surface area contributed by atoms with Crippen LogP contribution in [0.1, 0.15) is 5.56 Å². The third-order valence-electron chi connectivity index (χ3n) is 3.52. The van der Waals surface area contributed by atoms with E-state index in [-0.39, 0.29) is 11.3 Å². The number of ether oxygens (including phenoxy) is 1. The number of halogens is 6. The molecule has 1 unspecified atom stereocenters. The van der Waals surface area contributed by atoms with E-state index in [1.54, 1.807) is 18.2 Å². The minimum atomic E-state index is -5.80. The van der Waals surface area contributed by atoms with Gasteiger partial charge >= 0.3 is 24.0 Å². The zero-order valence-corrected chi connectivity index (χ0v) is 11.2. The molecule has 3 nitrogen and oxygen atoms in total. The van der Waals surface area contributed by atoms with Crippen LogP contribution in [0.5, 0.6) is 0 Å². The minimum absolute atomic E-state index is 0.0949. The summed E-state index contributed by atoms with van der Waals surface area (Å²) < 4.78 is 81.9. The molecule has 9 heteroatoms. The predicted molar refractivity (Wildman–Crippen MR) is 62.6 cm³/mol. The first kappa shape index (κ1) is 16.6. The van der Waals surface area contributed by atoms with Crippen molar-refractivity contribution in [1.82, 2.24) is 4.90 Å². The molecule has 1 aliphatic heterocycles. The summed E-state index contributed by atoms with van der Waals surface area (Å²) in [6.45, 7) is 0. The normalized spacial score (nSPS) is 22.7. The number of benzene rings is 1. The summed E-state index contributed by atoms with van der Waals surface area (Å²) in [5.41, 5.74) is -4.19. The van der Waals surface area contributed by atoms with Gasteiger partial charge in [-0.3, -0.25) is 4.79 Å². The van der Waals surface area contributed by atoms with Gasteiger partial charge in [0.2, 0.25) is 0 Å². The van der Waals surface area contributed by atoms with E-state index in [0.717, 1.165) is 0 Å². The zero-order chi connectivity index (χ0) is 16.8. The van der Waals surface area contributed by atoms with E-state index < -0.39 is 30.1 Å². The summed E-state index contributed by atoms with van der Waals surface area (Å²) in [6.07, 6.45) is -11.9. The molecule has 1 atom stereocenters. The number of cyclic esters (lactones) is 1. The van der Waals surface area contributed by atoms with Crippen molar-refractivity contribution < 1.29 is 35.9 Å². The van der Waals surface area contributed by atoms with E-state index in [1.165, 1.54) is 12.1 Å². The van der Waals surface area contributed by atoms with Crippen LogP contribution in [0.3, 0.4) is 0 Å². The van der Waals surface area contributed by atoms with E-state index in [0.29, 0.717) is 12.6 Å². The molecule has 0 amide bonds. The Hall–Kier alpha value is -1.77. The summed E-state index contributed by atoms with van der Waals surface area (Å²) >= 11 is 0. The lowest BCUT2D eigenvalue weighted by molar-refractivity contribution is -0.398. The summed E-state index contributed by atoms with van der Waals surface area (Å²) in [4.78, 5) is 11.5. The first-order valence-electron chi connectivity index (χ1n) is 6.14. The van der Waals surface area contributed by atoms with E-state index in [1.807, 2.05) is 0 Å². The van der Waals surface area contributed by atoms with Crippen molar-refractivity contribution in [3.8, 4) is 0 Å². The second-order valence-electron chi connectivity index (χ2n) is 4.88. The summed E-state index contributed by atoms with van der Waals surface area (Å²) in [6, 6.07) is 6.10. The van der Waals surface area contributed by atoms with Crippen molar-refractivity contribution in [3.63, 3.8) is 0 Å². The molecule has 0 aliphatic carbocycles. The standard InChI is InChI=1S/C13H11F6NO2/c1-20-9(7-8-5-3-2-4-6-8)10(21)22-11(20,12(14,15)16)13(17,18)19/h2-6,9H,7H2,1H3. The molecule has 0 spiro atoms.